The second kappa shape index (κ2) is 7.22. The molecule has 19 heavy (non-hydrogen) atoms. The van der Waals surface area contributed by atoms with E-state index in [9.17, 15) is 4.79 Å². The van der Waals surface area contributed by atoms with E-state index in [-0.39, 0.29) is 11.9 Å². The first-order chi connectivity index (χ1) is 9.16. The Kier molecular flexibility index (Phi) is 5.60. The summed E-state index contributed by atoms with van der Waals surface area (Å²) in [6.45, 7) is 5.05. The van der Waals surface area contributed by atoms with Crippen LogP contribution in [0.1, 0.15) is 25.7 Å². The maximum Gasteiger partial charge on any atom is 0.237 e. The van der Waals surface area contributed by atoms with E-state index >= 15 is 0 Å². The van der Waals surface area contributed by atoms with Crippen LogP contribution in [0.15, 0.2) is 0 Å². The van der Waals surface area contributed by atoms with Crippen molar-refractivity contribution in [2.75, 3.05) is 46.8 Å². The average Bonchev–Trinajstić information content (AvgIpc) is 2.93. The van der Waals surface area contributed by atoms with Crippen LogP contribution in [0.2, 0.25) is 0 Å². The normalized spacial score (nSPS) is 25.9. The van der Waals surface area contributed by atoms with Crippen molar-refractivity contribution in [1.29, 1.82) is 0 Å². The van der Waals surface area contributed by atoms with E-state index < -0.39 is 0 Å². The zero-order valence-electron chi connectivity index (χ0n) is 12.3. The van der Waals surface area contributed by atoms with E-state index in [0.29, 0.717) is 0 Å². The molecule has 2 N–H and O–H groups in total. The molecule has 2 aliphatic rings. The molecule has 2 rings (SSSR count). The van der Waals surface area contributed by atoms with Crippen molar-refractivity contribution in [3.05, 3.63) is 0 Å². The largest absolute Gasteiger partial charge is 0.353 e. The van der Waals surface area contributed by atoms with E-state index in [1.54, 1.807) is 0 Å². The van der Waals surface area contributed by atoms with Crippen molar-refractivity contribution >= 4 is 5.91 Å². The molecule has 0 radical (unpaired) electrons. The van der Waals surface area contributed by atoms with Gasteiger partial charge in [0.05, 0.1) is 6.04 Å². The smallest absolute Gasteiger partial charge is 0.237 e. The van der Waals surface area contributed by atoms with Crippen LogP contribution >= 0.6 is 0 Å². The summed E-state index contributed by atoms with van der Waals surface area (Å²) < 4.78 is 0. The fourth-order valence-electron chi connectivity index (χ4n) is 3.03. The van der Waals surface area contributed by atoms with Crippen molar-refractivity contribution < 1.29 is 4.79 Å². The van der Waals surface area contributed by atoms with E-state index in [1.807, 2.05) is 0 Å². The highest BCUT2D eigenvalue weighted by molar-refractivity contribution is 5.81. The van der Waals surface area contributed by atoms with E-state index in [0.717, 1.165) is 51.6 Å². The molecule has 0 bridgehead atoms. The predicted octanol–water partition coefficient (Wildman–Crippen LogP) is -0.119. The molecular weight excluding hydrogens is 240 g/mol. The molecule has 0 aliphatic carbocycles. The molecule has 2 fully saturated rings. The molecule has 5 nitrogen and oxygen atoms in total. The molecule has 2 heterocycles. The minimum absolute atomic E-state index is 0.0551. The van der Waals surface area contributed by atoms with Gasteiger partial charge < -0.3 is 20.4 Å². The van der Waals surface area contributed by atoms with Crippen LogP contribution in [0.3, 0.4) is 0 Å². The molecule has 5 heteroatoms. The molecule has 1 atom stereocenters. The number of nitrogens with one attached hydrogen (secondary N) is 2. The lowest BCUT2D eigenvalue weighted by molar-refractivity contribution is -0.122. The Balaban J connectivity index is 1.57. The molecule has 0 saturated carbocycles. The SMILES string of the molecule is CN(C)C1CCN(CCNC(=O)C2CCCN2)CC1. The lowest BCUT2D eigenvalue weighted by Crippen LogP contribution is -2.46. The number of carbonyl (C=O) groups excluding carboxylic acids is 1. The monoisotopic (exact) mass is 268 g/mol. The highest BCUT2D eigenvalue weighted by Gasteiger charge is 2.23. The summed E-state index contributed by atoms with van der Waals surface area (Å²) in [5, 5.41) is 6.28. The molecule has 2 aliphatic heterocycles. The number of piperidine rings is 1. The summed E-state index contributed by atoms with van der Waals surface area (Å²) in [7, 11) is 4.32. The van der Waals surface area contributed by atoms with Crippen molar-refractivity contribution in [3.8, 4) is 0 Å². The maximum absolute atomic E-state index is 11.8. The minimum atomic E-state index is 0.0551. The van der Waals surface area contributed by atoms with E-state index in [4.69, 9.17) is 0 Å². The van der Waals surface area contributed by atoms with Gasteiger partial charge >= 0.3 is 0 Å². The standard InChI is InChI=1S/C14H28N4O/c1-17(2)12-5-9-18(10-6-12)11-8-16-14(19)13-4-3-7-15-13/h12-13,15H,3-11H2,1-2H3,(H,16,19). The zero-order valence-corrected chi connectivity index (χ0v) is 12.3. The summed E-state index contributed by atoms with van der Waals surface area (Å²) in [5.74, 6) is 0.181. The highest BCUT2D eigenvalue weighted by atomic mass is 16.2. The second-order valence-corrected chi connectivity index (χ2v) is 5.98. The molecule has 0 aromatic heterocycles. The molecule has 0 aromatic carbocycles. The van der Waals surface area contributed by atoms with Gasteiger partial charge in [-0.3, -0.25) is 4.79 Å². The Bertz CT molecular complexity index is 281. The fraction of sp³-hybridized carbons (Fsp3) is 0.929. The molecular formula is C14H28N4O. The summed E-state index contributed by atoms with van der Waals surface area (Å²) in [5.41, 5.74) is 0. The van der Waals surface area contributed by atoms with Gasteiger partial charge in [0.2, 0.25) is 5.91 Å². The third-order valence-electron chi connectivity index (χ3n) is 4.39. The van der Waals surface area contributed by atoms with Gasteiger partial charge in [-0.15, -0.1) is 0 Å². The first-order valence-corrected chi connectivity index (χ1v) is 7.56. The van der Waals surface area contributed by atoms with E-state index in [1.165, 1.54) is 12.8 Å². The molecule has 110 valence electrons. The van der Waals surface area contributed by atoms with Gasteiger partial charge in [-0.2, -0.15) is 0 Å². The Morgan fingerprint density at radius 1 is 1.32 bits per heavy atom. The Morgan fingerprint density at radius 3 is 2.63 bits per heavy atom. The lowest BCUT2D eigenvalue weighted by atomic mass is 10.0. The summed E-state index contributed by atoms with van der Waals surface area (Å²) >= 11 is 0. The molecule has 0 aromatic rings. The van der Waals surface area contributed by atoms with Crippen LogP contribution in [-0.2, 0) is 4.79 Å². The first kappa shape index (κ1) is 14.8. The quantitative estimate of drug-likeness (QED) is 0.730. The van der Waals surface area contributed by atoms with Gasteiger partial charge in [-0.05, 0) is 59.4 Å². The van der Waals surface area contributed by atoms with Crippen LogP contribution in [0.25, 0.3) is 0 Å². The minimum Gasteiger partial charge on any atom is -0.353 e. The van der Waals surface area contributed by atoms with Crippen LogP contribution in [0, 0.1) is 0 Å². The topological polar surface area (TPSA) is 47.6 Å². The number of rotatable bonds is 5. The van der Waals surface area contributed by atoms with Crippen LogP contribution < -0.4 is 10.6 Å². The number of hydrogen-bond acceptors (Lipinski definition) is 4. The predicted molar refractivity (Wildman–Crippen MR) is 77.2 cm³/mol. The number of likely N-dealkylation sites (tertiary alicyclic amines) is 1. The van der Waals surface area contributed by atoms with Gasteiger partial charge in [-0.1, -0.05) is 0 Å². The number of nitrogens with zero attached hydrogens (tertiary/aromatic N) is 2. The second-order valence-electron chi connectivity index (χ2n) is 5.98. The van der Waals surface area contributed by atoms with E-state index in [2.05, 4.69) is 34.5 Å². The van der Waals surface area contributed by atoms with Gasteiger partial charge in [0, 0.05) is 19.1 Å². The van der Waals surface area contributed by atoms with Crippen molar-refractivity contribution in [1.82, 2.24) is 20.4 Å². The fourth-order valence-corrected chi connectivity index (χ4v) is 3.03. The lowest BCUT2D eigenvalue weighted by Gasteiger charge is -2.35. The van der Waals surface area contributed by atoms with Crippen molar-refractivity contribution in [2.45, 2.75) is 37.8 Å². The van der Waals surface area contributed by atoms with Gasteiger partial charge in [0.25, 0.3) is 0 Å². The third kappa shape index (κ3) is 4.44. The maximum atomic E-state index is 11.8. The molecule has 0 spiro atoms. The van der Waals surface area contributed by atoms with Gasteiger partial charge in [-0.25, -0.2) is 0 Å². The van der Waals surface area contributed by atoms with Gasteiger partial charge in [0.15, 0.2) is 0 Å². The molecule has 1 unspecified atom stereocenters. The Morgan fingerprint density at radius 2 is 2.05 bits per heavy atom. The van der Waals surface area contributed by atoms with Crippen LogP contribution in [-0.4, -0.2) is 74.6 Å². The highest BCUT2D eigenvalue weighted by Crippen LogP contribution is 2.13. The summed E-state index contributed by atoms with van der Waals surface area (Å²) in [6, 6.07) is 0.785. The Hall–Kier alpha value is -0.650. The van der Waals surface area contributed by atoms with Crippen LogP contribution in [0.5, 0.6) is 0 Å². The first-order valence-electron chi connectivity index (χ1n) is 7.56. The molecule has 1 amide bonds. The van der Waals surface area contributed by atoms with Gasteiger partial charge in [0.1, 0.15) is 0 Å². The number of amides is 1. The van der Waals surface area contributed by atoms with Crippen molar-refractivity contribution in [2.24, 2.45) is 0 Å². The summed E-state index contributed by atoms with van der Waals surface area (Å²) in [4.78, 5) is 16.6. The zero-order chi connectivity index (χ0) is 13.7. The number of hydrogen-bond donors (Lipinski definition) is 2. The molecule has 2 saturated heterocycles. The van der Waals surface area contributed by atoms with Crippen molar-refractivity contribution in [3.63, 3.8) is 0 Å². The Labute approximate surface area is 116 Å². The average molecular weight is 268 g/mol. The third-order valence-corrected chi connectivity index (χ3v) is 4.39. The summed E-state index contributed by atoms with van der Waals surface area (Å²) in [6.07, 6.45) is 4.59. The number of carbonyl (C=O) groups is 1. The van der Waals surface area contributed by atoms with Crippen LogP contribution in [0.4, 0.5) is 0 Å².